The second-order valence-corrected chi connectivity index (χ2v) is 4.07. The summed E-state index contributed by atoms with van der Waals surface area (Å²) < 4.78 is 18.4. The number of nitrogens with one attached hydrogen (secondary N) is 1. The zero-order valence-corrected chi connectivity index (χ0v) is 10.5. The van der Waals surface area contributed by atoms with Crippen molar-refractivity contribution in [2.24, 2.45) is 0 Å². The van der Waals surface area contributed by atoms with E-state index in [1.54, 1.807) is 0 Å². The van der Waals surface area contributed by atoms with Gasteiger partial charge in [0.1, 0.15) is 11.6 Å². The molecule has 0 aliphatic rings. The third-order valence-electron chi connectivity index (χ3n) is 1.83. The Kier molecular flexibility index (Phi) is 5.25. The summed E-state index contributed by atoms with van der Waals surface area (Å²) in [6.07, 6.45) is 0.883. The SMILES string of the molecule is CCCNC(=O)COc1ccc(F)c(Br)c1. The van der Waals surface area contributed by atoms with Gasteiger partial charge in [0.2, 0.25) is 0 Å². The molecule has 0 bridgehead atoms. The molecule has 1 aromatic rings. The highest BCUT2D eigenvalue weighted by Crippen LogP contribution is 2.21. The third-order valence-corrected chi connectivity index (χ3v) is 2.44. The largest absolute Gasteiger partial charge is 0.484 e. The van der Waals surface area contributed by atoms with E-state index >= 15 is 0 Å². The van der Waals surface area contributed by atoms with Crippen LogP contribution in [0.4, 0.5) is 4.39 Å². The number of hydrogen-bond donors (Lipinski definition) is 1. The lowest BCUT2D eigenvalue weighted by molar-refractivity contribution is -0.123. The minimum absolute atomic E-state index is 0.0575. The van der Waals surface area contributed by atoms with Crippen LogP contribution in [0.3, 0.4) is 0 Å². The van der Waals surface area contributed by atoms with E-state index in [9.17, 15) is 9.18 Å². The molecule has 0 aromatic heterocycles. The molecule has 1 rings (SSSR count). The summed E-state index contributed by atoms with van der Waals surface area (Å²) in [6, 6.07) is 4.25. The van der Waals surface area contributed by atoms with Crippen molar-refractivity contribution in [3.63, 3.8) is 0 Å². The molecule has 1 amide bonds. The van der Waals surface area contributed by atoms with Crippen molar-refractivity contribution in [2.75, 3.05) is 13.2 Å². The maximum Gasteiger partial charge on any atom is 0.257 e. The molecule has 1 aromatic carbocycles. The van der Waals surface area contributed by atoms with Gasteiger partial charge in [-0.2, -0.15) is 0 Å². The van der Waals surface area contributed by atoms with E-state index in [2.05, 4.69) is 21.2 Å². The average molecular weight is 290 g/mol. The number of amides is 1. The highest BCUT2D eigenvalue weighted by molar-refractivity contribution is 9.10. The quantitative estimate of drug-likeness (QED) is 0.904. The molecule has 0 saturated carbocycles. The van der Waals surface area contributed by atoms with Gasteiger partial charge in [0.05, 0.1) is 4.47 Å². The predicted octanol–water partition coefficient (Wildman–Crippen LogP) is 2.49. The molecule has 0 aliphatic heterocycles. The van der Waals surface area contributed by atoms with Gasteiger partial charge in [-0.15, -0.1) is 0 Å². The van der Waals surface area contributed by atoms with E-state index in [1.165, 1.54) is 18.2 Å². The first-order chi connectivity index (χ1) is 7.63. The van der Waals surface area contributed by atoms with E-state index in [4.69, 9.17) is 4.74 Å². The number of hydrogen-bond acceptors (Lipinski definition) is 2. The molecule has 5 heteroatoms. The molecule has 0 saturated heterocycles. The number of halogens is 2. The maximum atomic E-state index is 12.9. The molecule has 0 aliphatic carbocycles. The van der Waals surface area contributed by atoms with Crippen molar-refractivity contribution >= 4 is 21.8 Å². The van der Waals surface area contributed by atoms with E-state index in [0.717, 1.165) is 6.42 Å². The van der Waals surface area contributed by atoms with Crippen LogP contribution in [0.1, 0.15) is 13.3 Å². The summed E-state index contributed by atoms with van der Waals surface area (Å²) >= 11 is 3.04. The molecule has 16 heavy (non-hydrogen) atoms. The summed E-state index contributed by atoms with van der Waals surface area (Å²) in [7, 11) is 0. The van der Waals surface area contributed by atoms with Crippen molar-refractivity contribution in [1.29, 1.82) is 0 Å². The van der Waals surface area contributed by atoms with Gasteiger partial charge in [-0.25, -0.2) is 4.39 Å². The Bertz CT molecular complexity index is 371. The third kappa shape index (κ3) is 4.18. The number of rotatable bonds is 5. The zero-order valence-electron chi connectivity index (χ0n) is 8.93. The number of carbonyl (C=O) groups is 1. The standard InChI is InChI=1S/C11H13BrFNO2/c1-2-5-14-11(15)7-16-8-3-4-10(13)9(12)6-8/h3-4,6H,2,5,7H2,1H3,(H,14,15). The van der Waals surface area contributed by atoms with Crippen LogP contribution in [-0.2, 0) is 4.79 Å². The molecule has 0 spiro atoms. The van der Waals surface area contributed by atoms with Gasteiger partial charge in [0, 0.05) is 6.54 Å². The van der Waals surface area contributed by atoms with Crippen LogP contribution in [0, 0.1) is 5.82 Å². The van der Waals surface area contributed by atoms with Gasteiger partial charge in [-0.05, 0) is 40.5 Å². The molecule has 1 N–H and O–H groups in total. The zero-order chi connectivity index (χ0) is 12.0. The van der Waals surface area contributed by atoms with Gasteiger partial charge in [0.25, 0.3) is 5.91 Å². The Morgan fingerprint density at radius 1 is 1.56 bits per heavy atom. The van der Waals surface area contributed by atoms with E-state index in [0.29, 0.717) is 16.8 Å². The van der Waals surface area contributed by atoms with Crippen LogP contribution in [0.5, 0.6) is 5.75 Å². The minimum atomic E-state index is -0.359. The first-order valence-electron chi connectivity index (χ1n) is 4.98. The first-order valence-corrected chi connectivity index (χ1v) is 5.77. The monoisotopic (exact) mass is 289 g/mol. The molecule has 0 fully saturated rings. The fourth-order valence-electron chi connectivity index (χ4n) is 1.03. The lowest BCUT2D eigenvalue weighted by atomic mass is 10.3. The molecule has 0 radical (unpaired) electrons. The maximum absolute atomic E-state index is 12.9. The van der Waals surface area contributed by atoms with Crippen molar-refractivity contribution in [1.82, 2.24) is 5.32 Å². The Balaban J connectivity index is 2.42. The fraction of sp³-hybridized carbons (Fsp3) is 0.364. The van der Waals surface area contributed by atoms with Crippen LogP contribution in [0.25, 0.3) is 0 Å². The Labute approximate surface area is 102 Å². The smallest absolute Gasteiger partial charge is 0.257 e. The van der Waals surface area contributed by atoms with E-state index < -0.39 is 0 Å². The van der Waals surface area contributed by atoms with E-state index in [-0.39, 0.29) is 18.3 Å². The molecule has 0 unspecified atom stereocenters. The molecular formula is C11H13BrFNO2. The summed E-state index contributed by atoms with van der Waals surface area (Å²) in [5, 5.41) is 2.68. The van der Waals surface area contributed by atoms with E-state index in [1.807, 2.05) is 6.92 Å². The second-order valence-electron chi connectivity index (χ2n) is 3.21. The van der Waals surface area contributed by atoms with Crippen LogP contribution in [-0.4, -0.2) is 19.1 Å². The van der Waals surface area contributed by atoms with Crippen molar-refractivity contribution < 1.29 is 13.9 Å². The van der Waals surface area contributed by atoms with Crippen molar-refractivity contribution in [2.45, 2.75) is 13.3 Å². The van der Waals surface area contributed by atoms with Crippen molar-refractivity contribution in [3.8, 4) is 5.75 Å². The molecule has 0 heterocycles. The summed E-state index contributed by atoms with van der Waals surface area (Å²) in [5.41, 5.74) is 0. The van der Waals surface area contributed by atoms with Gasteiger partial charge >= 0.3 is 0 Å². The predicted molar refractivity (Wildman–Crippen MR) is 62.9 cm³/mol. The summed E-state index contributed by atoms with van der Waals surface area (Å²) in [5.74, 6) is -0.0787. The van der Waals surface area contributed by atoms with Gasteiger partial charge in [0.15, 0.2) is 6.61 Å². The highest BCUT2D eigenvalue weighted by atomic mass is 79.9. The van der Waals surface area contributed by atoms with Gasteiger partial charge in [-0.1, -0.05) is 6.92 Å². The molecule has 0 atom stereocenters. The Morgan fingerprint density at radius 3 is 2.94 bits per heavy atom. The average Bonchev–Trinajstić information content (AvgIpc) is 2.28. The minimum Gasteiger partial charge on any atom is -0.484 e. The highest BCUT2D eigenvalue weighted by Gasteiger charge is 2.04. The fourth-order valence-corrected chi connectivity index (χ4v) is 1.39. The second kappa shape index (κ2) is 6.48. The van der Waals surface area contributed by atoms with Crippen LogP contribution < -0.4 is 10.1 Å². The van der Waals surface area contributed by atoms with Crippen molar-refractivity contribution in [3.05, 3.63) is 28.5 Å². The molecular weight excluding hydrogens is 277 g/mol. The number of carbonyl (C=O) groups excluding carboxylic acids is 1. The topological polar surface area (TPSA) is 38.3 Å². The summed E-state index contributed by atoms with van der Waals surface area (Å²) in [6.45, 7) is 2.55. The van der Waals surface area contributed by atoms with Gasteiger partial charge in [-0.3, -0.25) is 4.79 Å². The molecule has 88 valence electrons. The Hall–Kier alpha value is -1.10. The van der Waals surface area contributed by atoms with Crippen LogP contribution >= 0.6 is 15.9 Å². The number of ether oxygens (including phenoxy) is 1. The normalized spacial score (nSPS) is 9.94. The lowest BCUT2D eigenvalue weighted by Gasteiger charge is -2.07. The lowest BCUT2D eigenvalue weighted by Crippen LogP contribution is -2.29. The van der Waals surface area contributed by atoms with Crippen LogP contribution in [0.15, 0.2) is 22.7 Å². The number of benzene rings is 1. The van der Waals surface area contributed by atoms with Crippen LogP contribution in [0.2, 0.25) is 0 Å². The van der Waals surface area contributed by atoms with Gasteiger partial charge < -0.3 is 10.1 Å². The Morgan fingerprint density at radius 2 is 2.31 bits per heavy atom. The molecule has 3 nitrogen and oxygen atoms in total. The first kappa shape index (κ1) is 13.0. The summed E-state index contributed by atoms with van der Waals surface area (Å²) in [4.78, 5) is 11.2.